The predicted molar refractivity (Wildman–Crippen MR) is 162 cm³/mol. The van der Waals surface area contributed by atoms with Crippen LogP contribution in [0.25, 0.3) is 44.8 Å². The van der Waals surface area contributed by atoms with Crippen LogP contribution in [-0.4, -0.2) is 30.1 Å². The molecule has 0 fully saturated rings. The van der Waals surface area contributed by atoms with Crippen molar-refractivity contribution < 1.29 is 0 Å². The van der Waals surface area contributed by atoms with Gasteiger partial charge in [-0.3, -0.25) is 15.1 Å². The Morgan fingerprint density at radius 2 is 1.75 bits per heavy atom. The summed E-state index contributed by atoms with van der Waals surface area (Å²) in [6.45, 7) is 10.1. The van der Waals surface area contributed by atoms with Crippen molar-refractivity contribution in [3.63, 3.8) is 0 Å². The highest BCUT2D eigenvalue weighted by Gasteiger charge is 2.17. The van der Waals surface area contributed by atoms with E-state index in [1.807, 2.05) is 80.0 Å². The summed E-state index contributed by atoms with van der Waals surface area (Å²) in [5, 5.41) is 12.0. The zero-order valence-electron chi connectivity index (χ0n) is 22.0. The van der Waals surface area contributed by atoms with Crippen molar-refractivity contribution in [1.82, 2.24) is 30.1 Å². The van der Waals surface area contributed by atoms with Gasteiger partial charge in [-0.1, -0.05) is 61.7 Å². The maximum Gasteiger partial charge on any atom is 0.155 e. The van der Waals surface area contributed by atoms with Crippen LogP contribution in [0.4, 0.5) is 5.69 Å². The van der Waals surface area contributed by atoms with Gasteiger partial charge in [0.2, 0.25) is 0 Å². The Morgan fingerprint density at radius 1 is 0.925 bits per heavy atom. The fraction of sp³-hybridized carbons (Fsp3) is 0.0303. The summed E-state index contributed by atoms with van der Waals surface area (Å²) in [4.78, 5) is 17.2. The number of nitrogens with one attached hydrogen (secondary N) is 3. The average molecular weight is 522 g/mol. The molecule has 0 saturated carbocycles. The number of nitrogens with zero attached hydrogens (tertiary/aromatic N) is 4. The quantitative estimate of drug-likeness (QED) is 0.181. The lowest BCUT2D eigenvalue weighted by Crippen LogP contribution is -1.98. The fourth-order valence-corrected chi connectivity index (χ4v) is 4.74. The van der Waals surface area contributed by atoms with Gasteiger partial charge in [-0.05, 0) is 42.8 Å². The summed E-state index contributed by atoms with van der Waals surface area (Å²) in [5.41, 5.74) is 10.8. The molecule has 3 N–H and O–H groups in total. The van der Waals surface area contributed by atoms with Gasteiger partial charge in [0.25, 0.3) is 0 Å². The molecule has 0 unspecified atom stereocenters. The van der Waals surface area contributed by atoms with Gasteiger partial charge in [-0.25, -0.2) is 4.98 Å². The highest BCUT2D eigenvalue weighted by atomic mass is 15.2. The highest BCUT2D eigenvalue weighted by Crippen LogP contribution is 2.33. The molecule has 0 aliphatic heterocycles. The molecule has 0 aliphatic rings. The average Bonchev–Trinajstić information content (AvgIpc) is 3.59. The molecular formula is C33H27N7. The van der Waals surface area contributed by atoms with Crippen molar-refractivity contribution in [3.05, 3.63) is 139 Å². The van der Waals surface area contributed by atoms with Gasteiger partial charge in [-0.2, -0.15) is 5.10 Å². The molecule has 40 heavy (non-hydrogen) atoms. The van der Waals surface area contributed by atoms with Crippen molar-refractivity contribution in [1.29, 1.82) is 0 Å². The Hall–Kier alpha value is -5.56. The molecule has 1 aromatic carbocycles. The van der Waals surface area contributed by atoms with Crippen molar-refractivity contribution in [2.24, 2.45) is 0 Å². The number of allylic oxidation sites excluding steroid dienone is 2. The van der Waals surface area contributed by atoms with Crippen LogP contribution in [0, 0.1) is 6.92 Å². The van der Waals surface area contributed by atoms with E-state index >= 15 is 0 Å². The van der Waals surface area contributed by atoms with E-state index in [0.29, 0.717) is 5.65 Å². The number of pyridine rings is 3. The standard InChI is InChI=1S/C33H27N7/c1-4-10-27(30-13-8-9-14-35-30)28-17-31(38-22(28)3)32-29-16-25(19-36-33(29)40-39-32)24-15-26(20-34-18-24)37-21(2)23-11-6-5-7-12-23/h4-20,37-38H,1-2H2,3H3,(H,36,39,40)/b27-10+. The number of anilines is 1. The Labute approximate surface area is 232 Å². The van der Waals surface area contributed by atoms with Gasteiger partial charge >= 0.3 is 0 Å². The van der Waals surface area contributed by atoms with E-state index in [-0.39, 0.29) is 0 Å². The maximum absolute atomic E-state index is 4.65. The van der Waals surface area contributed by atoms with Gasteiger partial charge in [0, 0.05) is 57.6 Å². The van der Waals surface area contributed by atoms with Crippen molar-refractivity contribution in [2.45, 2.75) is 6.92 Å². The number of aromatic nitrogens is 6. The number of rotatable bonds is 8. The first kappa shape index (κ1) is 24.8. The van der Waals surface area contributed by atoms with Crippen LogP contribution in [0.2, 0.25) is 0 Å². The van der Waals surface area contributed by atoms with E-state index in [9.17, 15) is 0 Å². The zero-order chi connectivity index (χ0) is 27.5. The van der Waals surface area contributed by atoms with Crippen LogP contribution in [-0.2, 0) is 0 Å². The Balaban J connectivity index is 1.34. The van der Waals surface area contributed by atoms with E-state index in [1.165, 1.54) is 0 Å². The molecule has 7 nitrogen and oxygen atoms in total. The molecule has 0 spiro atoms. The van der Waals surface area contributed by atoms with Gasteiger partial charge < -0.3 is 10.3 Å². The molecule has 7 heteroatoms. The van der Waals surface area contributed by atoms with E-state index in [0.717, 1.165) is 67.4 Å². The fourth-order valence-electron chi connectivity index (χ4n) is 4.74. The van der Waals surface area contributed by atoms with Gasteiger partial charge in [0.05, 0.1) is 23.3 Å². The predicted octanol–water partition coefficient (Wildman–Crippen LogP) is 7.42. The van der Waals surface area contributed by atoms with E-state index in [2.05, 4.69) is 60.7 Å². The second-order valence-corrected chi connectivity index (χ2v) is 9.38. The largest absolute Gasteiger partial charge is 0.357 e. The van der Waals surface area contributed by atoms with Crippen LogP contribution in [0.5, 0.6) is 0 Å². The Morgan fingerprint density at radius 3 is 2.55 bits per heavy atom. The molecule has 0 radical (unpaired) electrons. The first-order valence-electron chi connectivity index (χ1n) is 12.9. The molecule has 5 aromatic heterocycles. The second-order valence-electron chi connectivity index (χ2n) is 9.38. The van der Waals surface area contributed by atoms with Crippen LogP contribution in [0.15, 0.2) is 117 Å². The molecule has 0 amide bonds. The summed E-state index contributed by atoms with van der Waals surface area (Å²) in [7, 11) is 0. The molecule has 6 aromatic rings. The van der Waals surface area contributed by atoms with Crippen LogP contribution < -0.4 is 5.32 Å². The zero-order valence-corrected chi connectivity index (χ0v) is 22.0. The molecule has 194 valence electrons. The van der Waals surface area contributed by atoms with Gasteiger partial charge in [0.1, 0.15) is 5.69 Å². The lowest BCUT2D eigenvalue weighted by molar-refractivity contribution is 1.09. The lowest BCUT2D eigenvalue weighted by Gasteiger charge is -2.11. The van der Waals surface area contributed by atoms with Gasteiger partial charge in [-0.15, -0.1) is 0 Å². The number of aryl methyl sites for hydroxylation is 1. The first-order chi connectivity index (χ1) is 19.6. The third-order valence-electron chi connectivity index (χ3n) is 6.69. The van der Waals surface area contributed by atoms with E-state index in [1.54, 1.807) is 18.5 Å². The Kier molecular flexibility index (Phi) is 6.60. The van der Waals surface area contributed by atoms with Crippen LogP contribution in [0.3, 0.4) is 0 Å². The summed E-state index contributed by atoms with van der Waals surface area (Å²) in [6, 6.07) is 22.1. The lowest BCUT2D eigenvalue weighted by atomic mass is 10.0. The van der Waals surface area contributed by atoms with Crippen LogP contribution >= 0.6 is 0 Å². The number of hydrogen-bond donors (Lipinski definition) is 3. The highest BCUT2D eigenvalue weighted by molar-refractivity contribution is 5.94. The Bertz CT molecular complexity index is 1860. The third-order valence-corrected chi connectivity index (χ3v) is 6.69. The molecule has 0 saturated heterocycles. The number of fused-ring (bicyclic) bond motifs is 1. The SMILES string of the molecule is C=C/C=C(/c1ccccn1)c1cc(-c2n[nH]c3ncc(-c4cncc(NC(=C)c5ccccc5)c4)cc23)[nH]c1C. The summed E-state index contributed by atoms with van der Waals surface area (Å²) >= 11 is 0. The van der Waals surface area contributed by atoms with Crippen LogP contribution in [0.1, 0.15) is 22.5 Å². The normalized spacial score (nSPS) is 11.5. The van der Waals surface area contributed by atoms with Crippen molar-refractivity contribution in [3.8, 4) is 22.5 Å². The maximum atomic E-state index is 4.65. The minimum atomic E-state index is 0.707. The minimum absolute atomic E-state index is 0.707. The van der Waals surface area contributed by atoms with E-state index in [4.69, 9.17) is 0 Å². The number of H-pyrrole nitrogens is 2. The van der Waals surface area contributed by atoms with Crippen molar-refractivity contribution >= 4 is 28.0 Å². The molecule has 0 atom stereocenters. The number of benzene rings is 1. The van der Waals surface area contributed by atoms with Crippen molar-refractivity contribution in [2.75, 3.05) is 5.32 Å². The molecule has 5 heterocycles. The van der Waals surface area contributed by atoms with E-state index < -0.39 is 0 Å². The topological polar surface area (TPSA) is 95.2 Å². The van der Waals surface area contributed by atoms with Gasteiger partial charge in [0.15, 0.2) is 5.65 Å². The molecular weight excluding hydrogens is 494 g/mol. The molecule has 0 aliphatic carbocycles. The number of hydrogen-bond acceptors (Lipinski definition) is 5. The minimum Gasteiger partial charge on any atom is -0.357 e. The number of aromatic amines is 2. The molecule has 0 bridgehead atoms. The summed E-state index contributed by atoms with van der Waals surface area (Å²) < 4.78 is 0. The smallest absolute Gasteiger partial charge is 0.155 e. The second kappa shape index (κ2) is 10.7. The third kappa shape index (κ3) is 4.83. The summed E-state index contributed by atoms with van der Waals surface area (Å²) in [6.07, 6.45) is 11.0. The molecule has 6 rings (SSSR count). The summed E-state index contributed by atoms with van der Waals surface area (Å²) in [5.74, 6) is 0. The first-order valence-corrected chi connectivity index (χ1v) is 12.9. The monoisotopic (exact) mass is 521 g/mol.